The summed E-state index contributed by atoms with van der Waals surface area (Å²) < 4.78 is 7.33. The van der Waals surface area contributed by atoms with E-state index in [1.165, 1.54) is 0 Å². The first-order valence-corrected chi connectivity index (χ1v) is 9.59. The van der Waals surface area contributed by atoms with Crippen molar-refractivity contribution in [1.29, 1.82) is 0 Å². The molecule has 0 unspecified atom stereocenters. The molecule has 0 aromatic carbocycles. The second kappa shape index (κ2) is 6.52. The summed E-state index contributed by atoms with van der Waals surface area (Å²) in [6, 6.07) is 1.25. The Morgan fingerprint density at radius 1 is 1.40 bits per heavy atom. The van der Waals surface area contributed by atoms with Crippen LogP contribution >= 0.6 is 11.8 Å². The summed E-state index contributed by atoms with van der Waals surface area (Å²) in [5, 5.41) is 0. The number of carbonyl (C=O) groups is 3. The van der Waals surface area contributed by atoms with Crippen LogP contribution in [0.4, 0.5) is 0 Å². The summed E-state index contributed by atoms with van der Waals surface area (Å²) >= 11 is 1.61. The number of aromatic nitrogens is 1. The predicted octanol–water partition coefficient (Wildman–Crippen LogP) is 2.30. The Morgan fingerprint density at radius 3 is 2.76 bits per heavy atom. The van der Waals surface area contributed by atoms with Gasteiger partial charge in [0.2, 0.25) is 11.7 Å². The van der Waals surface area contributed by atoms with Crippen molar-refractivity contribution in [3.63, 3.8) is 0 Å². The molecule has 1 aromatic heterocycles. The maximum atomic E-state index is 12.4. The average Bonchev–Trinajstić information content (AvgIpc) is 3.16. The molecule has 2 aliphatic rings. The number of fused-ring (bicyclic) bond motifs is 1. The van der Waals surface area contributed by atoms with Crippen LogP contribution in [0.1, 0.15) is 48.4 Å². The van der Waals surface area contributed by atoms with Crippen molar-refractivity contribution in [2.45, 2.75) is 58.0 Å². The van der Waals surface area contributed by atoms with Gasteiger partial charge in [-0.15, -0.1) is 11.8 Å². The van der Waals surface area contributed by atoms with E-state index >= 15 is 0 Å². The molecule has 2 saturated heterocycles. The Kier molecular flexibility index (Phi) is 4.70. The minimum Gasteiger partial charge on any atom is -0.456 e. The fraction of sp³-hybridized carbons (Fsp3) is 0.611. The van der Waals surface area contributed by atoms with Crippen LogP contribution in [0, 0.1) is 13.8 Å². The number of nitrogens with zero attached hydrogens (tertiary/aromatic N) is 2. The molecule has 0 bridgehead atoms. The number of thioether (sulfide) groups is 1. The third kappa shape index (κ3) is 2.99. The van der Waals surface area contributed by atoms with Crippen LogP contribution in [0.2, 0.25) is 0 Å². The van der Waals surface area contributed by atoms with Gasteiger partial charge in [0, 0.05) is 35.7 Å². The first-order chi connectivity index (χ1) is 11.8. The lowest BCUT2D eigenvalue weighted by atomic mass is 10.1. The Labute approximate surface area is 151 Å². The number of Topliss-reactive ketones (excluding diaryl/α,β-unsaturated/α-hetero) is 1. The fourth-order valence-corrected chi connectivity index (χ4v) is 5.29. The Hall–Kier alpha value is -1.76. The van der Waals surface area contributed by atoms with Crippen LogP contribution < -0.4 is 0 Å². The van der Waals surface area contributed by atoms with E-state index in [-0.39, 0.29) is 23.2 Å². The Bertz CT molecular complexity index is 742. The summed E-state index contributed by atoms with van der Waals surface area (Å²) in [4.78, 5) is 38.3. The molecular formula is C18H24N2O4S. The Morgan fingerprint density at radius 2 is 2.12 bits per heavy atom. The molecule has 0 N–H and O–H groups in total. The van der Waals surface area contributed by atoms with Gasteiger partial charge in [-0.1, -0.05) is 0 Å². The quantitative estimate of drug-likeness (QED) is 0.592. The highest BCUT2D eigenvalue weighted by molar-refractivity contribution is 8.01. The summed E-state index contributed by atoms with van der Waals surface area (Å²) in [6.07, 6.45) is 1.22. The third-order valence-corrected chi connectivity index (χ3v) is 6.76. The zero-order valence-electron chi connectivity index (χ0n) is 15.1. The maximum Gasteiger partial charge on any atom is 0.330 e. The smallest absolute Gasteiger partial charge is 0.330 e. The van der Waals surface area contributed by atoms with Gasteiger partial charge in [-0.05, 0) is 40.2 Å². The molecule has 2 fully saturated rings. The largest absolute Gasteiger partial charge is 0.456 e. The van der Waals surface area contributed by atoms with E-state index in [9.17, 15) is 14.4 Å². The molecule has 136 valence electrons. The van der Waals surface area contributed by atoms with E-state index in [0.29, 0.717) is 17.7 Å². The number of hydrogen-bond acceptors (Lipinski definition) is 5. The standard InChI is InChI=1S/C18H24N2O4S/c1-5-19-11(2)8-13(12(19)3)15(21)9-24-17(23)14-10-25-18(4)7-6-16(22)20(14)18/h8,14H,5-7,9-10H2,1-4H3/t14-,18+/m1/s1. The van der Waals surface area contributed by atoms with E-state index in [2.05, 4.69) is 4.57 Å². The monoisotopic (exact) mass is 364 g/mol. The van der Waals surface area contributed by atoms with Gasteiger partial charge in [-0.25, -0.2) is 4.79 Å². The molecular weight excluding hydrogens is 340 g/mol. The first kappa shape index (κ1) is 18.0. The molecule has 25 heavy (non-hydrogen) atoms. The van der Waals surface area contributed by atoms with Gasteiger partial charge >= 0.3 is 5.97 Å². The summed E-state index contributed by atoms with van der Waals surface area (Å²) in [7, 11) is 0. The van der Waals surface area contributed by atoms with Crippen LogP contribution in [0.5, 0.6) is 0 Å². The molecule has 3 rings (SSSR count). The lowest BCUT2D eigenvalue weighted by Crippen LogP contribution is -2.46. The number of aryl methyl sites for hydroxylation is 1. The van der Waals surface area contributed by atoms with Gasteiger partial charge in [0.05, 0.1) is 4.87 Å². The minimum atomic E-state index is -0.583. The van der Waals surface area contributed by atoms with E-state index in [0.717, 1.165) is 24.4 Å². The highest BCUT2D eigenvalue weighted by Crippen LogP contribution is 2.47. The highest BCUT2D eigenvalue weighted by atomic mass is 32.2. The molecule has 2 aliphatic heterocycles. The van der Waals surface area contributed by atoms with Crippen molar-refractivity contribution in [3.05, 3.63) is 23.0 Å². The number of hydrogen-bond donors (Lipinski definition) is 0. The zero-order chi connectivity index (χ0) is 18.4. The topological polar surface area (TPSA) is 68.6 Å². The molecule has 6 nitrogen and oxygen atoms in total. The lowest BCUT2D eigenvalue weighted by molar-refractivity contribution is -0.152. The van der Waals surface area contributed by atoms with Crippen LogP contribution in [-0.4, -0.2) is 50.4 Å². The van der Waals surface area contributed by atoms with Gasteiger partial charge in [0.15, 0.2) is 6.61 Å². The molecule has 1 aromatic rings. The van der Waals surface area contributed by atoms with Crippen LogP contribution in [0.3, 0.4) is 0 Å². The van der Waals surface area contributed by atoms with Gasteiger partial charge in [0.25, 0.3) is 0 Å². The average molecular weight is 364 g/mol. The predicted molar refractivity (Wildman–Crippen MR) is 95.6 cm³/mol. The van der Waals surface area contributed by atoms with Crippen molar-refractivity contribution < 1.29 is 19.1 Å². The van der Waals surface area contributed by atoms with Crippen molar-refractivity contribution in [2.24, 2.45) is 0 Å². The number of ether oxygens (including phenoxy) is 1. The van der Waals surface area contributed by atoms with Gasteiger partial charge in [-0.2, -0.15) is 0 Å². The first-order valence-electron chi connectivity index (χ1n) is 8.61. The molecule has 7 heteroatoms. The molecule has 2 atom stereocenters. The third-order valence-electron chi connectivity index (χ3n) is 5.25. The number of ketones is 1. The summed E-state index contributed by atoms with van der Waals surface area (Å²) in [6.45, 7) is 8.37. The van der Waals surface area contributed by atoms with E-state index in [1.807, 2.05) is 33.8 Å². The Balaban J connectivity index is 1.65. The lowest BCUT2D eigenvalue weighted by Gasteiger charge is -2.29. The number of carbonyl (C=O) groups excluding carboxylic acids is 3. The van der Waals surface area contributed by atoms with Crippen molar-refractivity contribution >= 4 is 29.4 Å². The second-order valence-corrected chi connectivity index (χ2v) is 8.33. The highest BCUT2D eigenvalue weighted by Gasteiger charge is 2.53. The molecule has 0 aliphatic carbocycles. The number of esters is 1. The summed E-state index contributed by atoms with van der Waals surface area (Å²) in [5.74, 6) is -0.168. The van der Waals surface area contributed by atoms with Gasteiger partial charge < -0.3 is 14.2 Å². The van der Waals surface area contributed by atoms with E-state index in [1.54, 1.807) is 16.7 Å². The maximum absolute atomic E-state index is 12.4. The SMILES string of the molecule is CCn1c(C)cc(C(=O)COC(=O)[C@H]2CS[C@@]3(C)CCC(=O)N23)c1C. The minimum absolute atomic E-state index is 0.00716. The molecule has 3 heterocycles. The number of amides is 1. The van der Waals surface area contributed by atoms with Crippen LogP contribution in [0.25, 0.3) is 0 Å². The normalized spacial score (nSPS) is 25.4. The van der Waals surface area contributed by atoms with E-state index < -0.39 is 12.0 Å². The molecule has 0 spiro atoms. The fourth-order valence-electron chi connectivity index (χ4n) is 3.88. The van der Waals surface area contributed by atoms with Crippen molar-refractivity contribution in [1.82, 2.24) is 9.47 Å². The molecule has 0 saturated carbocycles. The van der Waals surface area contributed by atoms with E-state index in [4.69, 9.17) is 4.74 Å². The number of rotatable bonds is 5. The van der Waals surface area contributed by atoms with Crippen LogP contribution in [-0.2, 0) is 20.9 Å². The van der Waals surface area contributed by atoms with Crippen molar-refractivity contribution in [2.75, 3.05) is 12.4 Å². The van der Waals surface area contributed by atoms with Gasteiger partial charge in [0.1, 0.15) is 6.04 Å². The molecule has 0 radical (unpaired) electrons. The molecule has 1 amide bonds. The van der Waals surface area contributed by atoms with Gasteiger partial charge in [-0.3, -0.25) is 9.59 Å². The summed E-state index contributed by atoms with van der Waals surface area (Å²) in [5.41, 5.74) is 2.50. The second-order valence-electron chi connectivity index (χ2n) is 6.83. The van der Waals surface area contributed by atoms with Crippen molar-refractivity contribution in [3.8, 4) is 0 Å². The van der Waals surface area contributed by atoms with Crippen LogP contribution in [0.15, 0.2) is 6.07 Å². The zero-order valence-corrected chi connectivity index (χ0v) is 15.9.